The van der Waals surface area contributed by atoms with Gasteiger partial charge in [-0.1, -0.05) is 29.8 Å². The van der Waals surface area contributed by atoms with Crippen molar-refractivity contribution in [1.29, 1.82) is 0 Å². The molecule has 9 heteroatoms. The molecule has 0 unspecified atom stereocenters. The zero-order valence-corrected chi connectivity index (χ0v) is 13.9. The van der Waals surface area contributed by atoms with Gasteiger partial charge in [0.1, 0.15) is 6.54 Å². The summed E-state index contributed by atoms with van der Waals surface area (Å²) in [5, 5.41) is 17.5. The van der Waals surface area contributed by atoms with Gasteiger partial charge < -0.3 is 15.4 Å². The average Bonchev–Trinajstić information content (AvgIpc) is 3.04. The molecule has 2 N–H and O–H groups in total. The molecule has 25 heavy (non-hydrogen) atoms. The summed E-state index contributed by atoms with van der Waals surface area (Å²) in [5.74, 6) is -0.0116. The fraction of sp³-hybridized carbons (Fsp3) is 0.312. The molecule has 1 aromatic heterocycles. The van der Waals surface area contributed by atoms with Crippen molar-refractivity contribution in [2.75, 3.05) is 13.2 Å². The Morgan fingerprint density at radius 2 is 2.08 bits per heavy atom. The second kappa shape index (κ2) is 7.12. The molecular formula is C16H18N6O3. The number of carbonyl (C=O) groups is 2. The number of carbonyl (C=O) groups excluding carboxylic acids is 2. The highest BCUT2D eigenvalue weighted by atomic mass is 16.5. The highest BCUT2D eigenvalue weighted by molar-refractivity contribution is 5.93. The highest BCUT2D eigenvalue weighted by Gasteiger charge is 2.24. The molecule has 9 nitrogen and oxygen atoms in total. The van der Waals surface area contributed by atoms with Crippen molar-refractivity contribution in [3.8, 4) is 11.4 Å². The van der Waals surface area contributed by atoms with Crippen LogP contribution in [0.15, 0.2) is 35.5 Å². The van der Waals surface area contributed by atoms with E-state index in [1.165, 1.54) is 4.80 Å². The van der Waals surface area contributed by atoms with Gasteiger partial charge in [-0.2, -0.15) is 4.80 Å². The van der Waals surface area contributed by atoms with E-state index in [1.54, 1.807) is 6.92 Å². The lowest BCUT2D eigenvalue weighted by Gasteiger charge is -2.20. The standard InChI is InChI=1S/C16H18N6O3/c1-3-25-15(23)12-8-17-16(24)18-13(12)9-22-20-14(19-21-22)11-6-4-10(2)5-7-11/h4-7H,3,8-9H2,1-2H3,(H2,17,18,24). The van der Waals surface area contributed by atoms with Gasteiger partial charge in [0.25, 0.3) is 0 Å². The van der Waals surface area contributed by atoms with E-state index in [0.29, 0.717) is 17.1 Å². The summed E-state index contributed by atoms with van der Waals surface area (Å²) in [4.78, 5) is 24.9. The van der Waals surface area contributed by atoms with E-state index in [9.17, 15) is 9.59 Å². The molecule has 2 heterocycles. The van der Waals surface area contributed by atoms with Crippen LogP contribution in [0.3, 0.4) is 0 Å². The molecule has 0 saturated carbocycles. The Hall–Kier alpha value is -3.23. The molecule has 0 aliphatic carbocycles. The van der Waals surface area contributed by atoms with Crippen molar-refractivity contribution in [2.45, 2.75) is 20.4 Å². The number of aromatic nitrogens is 4. The van der Waals surface area contributed by atoms with E-state index in [1.807, 2.05) is 31.2 Å². The fourth-order valence-corrected chi connectivity index (χ4v) is 2.35. The van der Waals surface area contributed by atoms with Crippen molar-refractivity contribution in [1.82, 2.24) is 30.8 Å². The van der Waals surface area contributed by atoms with Crippen LogP contribution in [-0.2, 0) is 16.1 Å². The Morgan fingerprint density at radius 1 is 1.32 bits per heavy atom. The van der Waals surface area contributed by atoms with E-state index in [4.69, 9.17) is 4.74 Å². The summed E-state index contributed by atoms with van der Waals surface area (Å²) in [6.45, 7) is 4.18. The number of esters is 1. The molecule has 1 aliphatic rings. The topological polar surface area (TPSA) is 111 Å². The summed E-state index contributed by atoms with van der Waals surface area (Å²) < 4.78 is 5.02. The third-order valence-corrected chi connectivity index (χ3v) is 3.64. The third kappa shape index (κ3) is 3.82. The molecule has 130 valence electrons. The van der Waals surface area contributed by atoms with E-state index < -0.39 is 5.97 Å². The zero-order valence-electron chi connectivity index (χ0n) is 13.9. The quantitative estimate of drug-likeness (QED) is 0.777. The monoisotopic (exact) mass is 342 g/mol. The summed E-state index contributed by atoms with van der Waals surface area (Å²) in [6.07, 6.45) is 0. The lowest BCUT2D eigenvalue weighted by Crippen LogP contribution is -2.45. The van der Waals surface area contributed by atoms with Gasteiger partial charge in [-0.25, -0.2) is 9.59 Å². The number of benzene rings is 1. The molecule has 1 aliphatic heterocycles. The number of nitrogens with one attached hydrogen (secondary N) is 2. The third-order valence-electron chi connectivity index (χ3n) is 3.64. The van der Waals surface area contributed by atoms with Crippen LogP contribution in [0.1, 0.15) is 12.5 Å². The zero-order chi connectivity index (χ0) is 17.8. The highest BCUT2D eigenvalue weighted by Crippen LogP contribution is 2.15. The van der Waals surface area contributed by atoms with Gasteiger partial charge in [-0.15, -0.1) is 10.2 Å². The van der Waals surface area contributed by atoms with Gasteiger partial charge in [0.05, 0.1) is 24.4 Å². The molecule has 3 rings (SSSR count). The SMILES string of the molecule is CCOC(=O)C1=C(Cn2nnc(-c3ccc(C)cc3)n2)NC(=O)NC1. The van der Waals surface area contributed by atoms with Crippen LogP contribution >= 0.6 is 0 Å². The molecule has 2 aromatic rings. The van der Waals surface area contributed by atoms with Crippen LogP contribution in [0.25, 0.3) is 11.4 Å². The van der Waals surface area contributed by atoms with Crippen LogP contribution in [0.4, 0.5) is 4.79 Å². The smallest absolute Gasteiger partial charge is 0.337 e. The van der Waals surface area contributed by atoms with Crippen LogP contribution in [0.2, 0.25) is 0 Å². The van der Waals surface area contributed by atoms with Gasteiger partial charge in [-0.3, -0.25) is 0 Å². The molecule has 2 amide bonds. The number of urea groups is 1. The first-order valence-electron chi connectivity index (χ1n) is 7.85. The molecule has 0 bridgehead atoms. The summed E-state index contributed by atoms with van der Waals surface area (Å²) in [5.41, 5.74) is 2.72. The lowest BCUT2D eigenvalue weighted by molar-refractivity contribution is -0.138. The minimum Gasteiger partial charge on any atom is -0.463 e. The number of ether oxygens (including phenoxy) is 1. The van der Waals surface area contributed by atoms with Crippen molar-refractivity contribution in [3.05, 3.63) is 41.1 Å². The van der Waals surface area contributed by atoms with Crippen LogP contribution in [-0.4, -0.2) is 45.4 Å². The predicted molar refractivity (Wildman–Crippen MR) is 88.2 cm³/mol. The number of nitrogens with zero attached hydrogens (tertiary/aromatic N) is 4. The van der Waals surface area contributed by atoms with Crippen LogP contribution in [0, 0.1) is 6.92 Å². The number of hydrogen-bond donors (Lipinski definition) is 2. The molecule has 0 radical (unpaired) electrons. The molecule has 0 saturated heterocycles. The van der Waals surface area contributed by atoms with Crippen molar-refractivity contribution in [2.24, 2.45) is 0 Å². The Kier molecular flexibility index (Phi) is 4.73. The van der Waals surface area contributed by atoms with Gasteiger partial charge in [0, 0.05) is 5.56 Å². The van der Waals surface area contributed by atoms with Gasteiger partial charge >= 0.3 is 12.0 Å². The van der Waals surface area contributed by atoms with Crippen molar-refractivity contribution in [3.63, 3.8) is 0 Å². The van der Waals surface area contributed by atoms with Gasteiger partial charge in [0.15, 0.2) is 0 Å². The molecule has 0 fully saturated rings. The first-order chi connectivity index (χ1) is 12.1. The minimum atomic E-state index is -0.483. The Labute approximate surface area is 144 Å². The van der Waals surface area contributed by atoms with Crippen LogP contribution < -0.4 is 10.6 Å². The van der Waals surface area contributed by atoms with Crippen molar-refractivity contribution < 1.29 is 14.3 Å². The molecule has 0 spiro atoms. The maximum Gasteiger partial charge on any atom is 0.337 e. The number of hydrogen-bond acceptors (Lipinski definition) is 6. The normalized spacial score (nSPS) is 14.1. The Morgan fingerprint density at radius 3 is 2.80 bits per heavy atom. The van der Waals surface area contributed by atoms with E-state index in [2.05, 4.69) is 26.0 Å². The summed E-state index contributed by atoms with van der Waals surface area (Å²) in [6, 6.07) is 7.36. The van der Waals surface area contributed by atoms with Crippen LogP contribution in [0.5, 0.6) is 0 Å². The molecule has 1 aromatic carbocycles. The number of amides is 2. The number of allylic oxidation sites excluding steroid dienone is 1. The minimum absolute atomic E-state index is 0.0967. The molecule has 0 atom stereocenters. The largest absolute Gasteiger partial charge is 0.463 e. The lowest BCUT2D eigenvalue weighted by atomic mass is 10.1. The number of tetrazole rings is 1. The van der Waals surface area contributed by atoms with E-state index >= 15 is 0 Å². The van der Waals surface area contributed by atoms with E-state index in [-0.39, 0.29) is 25.7 Å². The summed E-state index contributed by atoms with van der Waals surface area (Å²) in [7, 11) is 0. The van der Waals surface area contributed by atoms with Gasteiger partial charge in [0.2, 0.25) is 5.82 Å². The number of rotatable bonds is 5. The predicted octanol–water partition coefficient (Wildman–Crippen LogP) is 0.779. The second-order valence-corrected chi connectivity index (χ2v) is 5.49. The summed E-state index contributed by atoms with van der Waals surface area (Å²) >= 11 is 0. The Bertz CT molecular complexity index is 825. The van der Waals surface area contributed by atoms with E-state index in [0.717, 1.165) is 11.1 Å². The van der Waals surface area contributed by atoms with Crippen molar-refractivity contribution >= 4 is 12.0 Å². The Balaban J connectivity index is 1.83. The molecular weight excluding hydrogens is 324 g/mol. The first kappa shape index (κ1) is 16.6. The maximum absolute atomic E-state index is 12.0. The fourth-order valence-electron chi connectivity index (χ4n) is 2.35. The maximum atomic E-state index is 12.0. The number of aryl methyl sites for hydroxylation is 1. The van der Waals surface area contributed by atoms with Gasteiger partial charge in [-0.05, 0) is 19.1 Å². The first-order valence-corrected chi connectivity index (χ1v) is 7.85. The second-order valence-electron chi connectivity index (χ2n) is 5.49. The average molecular weight is 342 g/mol.